The standard InChI is InChI=1S/C12H7Cl2NS/c13-10-6-9(15-16)7-11(14)12(10)8-4-2-1-3-5-8/h1-7H. The summed E-state index contributed by atoms with van der Waals surface area (Å²) in [6.45, 7) is 0. The van der Waals surface area contributed by atoms with Gasteiger partial charge in [-0.05, 0) is 17.7 Å². The molecule has 0 aliphatic heterocycles. The van der Waals surface area contributed by atoms with Gasteiger partial charge in [-0.15, -0.1) is 0 Å². The van der Waals surface area contributed by atoms with E-state index in [2.05, 4.69) is 16.8 Å². The van der Waals surface area contributed by atoms with Crippen molar-refractivity contribution in [2.45, 2.75) is 0 Å². The Morgan fingerprint density at radius 1 is 0.938 bits per heavy atom. The number of benzene rings is 2. The summed E-state index contributed by atoms with van der Waals surface area (Å²) < 4.78 is 3.64. The van der Waals surface area contributed by atoms with Gasteiger partial charge in [-0.25, -0.2) is 0 Å². The number of halogens is 2. The van der Waals surface area contributed by atoms with Gasteiger partial charge in [0.1, 0.15) is 0 Å². The molecule has 0 fully saturated rings. The highest BCUT2D eigenvalue weighted by Crippen LogP contribution is 2.37. The van der Waals surface area contributed by atoms with E-state index in [9.17, 15) is 0 Å². The lowest BCUT2D eigenvalue weighted by Crippen LogP contribution is -1.81. The van der Waals surface area contributed by atoms with Crippen LogP contribution >= 0.6 is 23.2 Å². The zero-order chi connectivity index (χ0) is 11.5. The van der Waals surface area contributed by atoms with Gasteiger partial charge in [-0.2, -0.15) is 4.36 Å². The smallest absolute Gasteiger partial charge is 0.0799 e. The lowest BCUT2D eigenvalue weighted by Gasteiger charge is -2.07. The number of nitrogens with zero attached hydrogens (tertiary/aromatic N) is 1. The Balaban J connectivity index is 2.62. The molecule has 2 aromatic rings. The summed E-state index contributed by atoms with van der Waals surface area (Å²) in [6.07, 6.45) is 0. The Hall–Kier alpha value is -0.960. The van der Waals surface area contributed by atoms with E-state index < -0.39 is 0 Å². The molecule has 0 aromatic heterocycles. The third-order valence-electron chi connectivity index (χ3n) is 2.19. The van der Waals surface area contributed by atoms with Crippen LogP contribution in [0.5, 0.6) is 0 Å². The van der Waals surface area contributed by atoms with Crippen molar-refractivity contribution in [3.63, 3.8) is 0 Å². The zero-order valence-corrected chi connectivity index (χ0v) is 10.5. The normalized spacial score (nSPS) is 10.1. The molecule has 0 spiro atoms. The molecule has 0 saturated heterocycles. The van der Waals surface area contributed by atoms with Gasteiger partial charge in [0.05, 0.1) is 15.7 Å². The predicted octanol–water partition coefficient (Wildman–Crippen LogP) is 5.02. The number of rotatable bonds is 2. The highest BCUT2D eigenvalue weighted by molar-refractivity contribution is 7.47. The summed E-state index contributed by atoms with van der Waals surface area (Å²) >= 11 is 16.9. The van der Waals surface area contributed by atoms with E-state index in [0.29, 0.717) is 15.7 Å². The molecular formula is C12H7Cl2NS. The molecule has 0 heterocycles. The van der Waals surface area contributed by atoms with Crippen molar-refractivity contribution in [1.29, 1.82) is 0 Å². The Labute approximate surface area is 109 Å². The van der Waals surface area contributed by atoms with Crippen molar-refractivity contribution < 1.29 is 0 Å². The SMILES string of the molecule is S=Nc1cc(Cl)c(-c2ccccc2)c(Cl)c1. The molecule has 80 valence electrons. The summed E-state index contributed by atoms with van der Waals surface area (Å²) in [5.41, 5.74) is 2.39. The van der Waals surface area contributed by atoms with E-state index >= 15 is 0 Å². The average molecular weight is 268 g/mol. The van der Waals surface area contributed by atoms with Gasteiger partial charge in [0.2, 0.25) is 0 Å². The van der Waals surface area contributed by atoms with Crippen molar-refractivity contribution in [3.05, 3.63) is 52.5 Å². The van der Waals surface area contributed by atoms with Crippen LogP contribution in [0.3, 0.4) is 0 Å². The minimum absolute atomic E-state index is 0.558. The molecule has 0 amide bonds. The first-order valence-corrected chi connectivity index (χ1v) is 5.72. The topological polar surface area (TPSA) is 12.4 Å². The second-order valence-electron chi connectivity index (χ2n) is 3.24. The molecule has 4 heteroatoms. The second kappa shape index (κ2) is 4.91. The third kappa shape index (κ3) is 2.24. The van der Waals surface area contributed by atoms with E-state index in [0.717, 1.165) is 11.1 Å². The van der Waals surface area contributed by atoms with E-state index in [1.54, 1.807) is 12.1 Å². The van der Waals surface area contributed by atoms with Gasteiger partial charge < -0.3 is 0 Å². The van der Waals surface area contributed by atoms with Crippen LogP contribution in [0.25, 0.3) is 11.1 Å². The zero-order valence-electron chi connectivity index (χ0n) is 8.15. The molecule has 0 N–H and O–H groups in total. The molecule has 0 unspecified atom stereocenters. The molecule has 0 bridgehead atoms. The molecule has 2 aromatic carbocycles. The van der Waals surface area contributed by atoms with Gasteiger partial charge in [0.25, 0.3) is 0 Å². The van der Waals surface area contributed by atoms with Crippen LogP contribution in [0, 0.1) is 0 Å². The van der Waals surface area contributed by atoms with Crippen LogP contribution in [0.4, 0.5) is 5.69 Å². The molecule has 0 aliphatic carbocycles. The van der Waals surface area contributed by atoms with E-state index in [1.807, 2.05) is 30.3 Å². The maximum atomic E-state index is 6.16. The van der Waals surface area contributed by atoms with Crippen LogP contribution in [0.1, 0.15) is 0 Å². The Kier molecular flexibility index (Phi) is 3.54. The predicted molar refractivity (Wildman–Crippen MR) is 71.4 cm³/mol. The van der Waals surface area contributed by atoms with Crippen LogP contribution in [0.15, 0.2) is 46.8 Å². The minimum Gasteiger partial charge on any atom is -0.182 e. The maximum absolute atomic E-state index is 6.16. The fourth-order valence-corrected chi connectivity index (χ4v) is 2.29. The van der Waals surface area contributed by atoms with E-state index in [4.69, 9.17) is 23.2 Å². The van der Waals surface area contributed by atoms with Gasteiger partial charge in [-0.3, -0.25) is 0 Å². The van der Waals surface area contributed by atoms with Crippen LogP contribution < -0.4 is 0 Å². The monoisotopic (exact) mass is 267 g/mol. The van der Waals surface area contributed by atoms with Gasteiger partial charge in [0.15, 0.2) is 0 Å². The molecule has 0 radical (unpaired) electrons. The molecule has 1 nitrogen and oxygen atoms in total. The first-order chi connectivity index (χ1) is 7.72. The lowest BCUT2D eigenvalue weighted by atomic mass is 10.1. The molecule has 16 heavy (non-hydrogen) atoms. The third-order valence-corrected chi connectivity index (χ3v) is 3.00. The van der Waals surface area contributed by atoms with Crippen LogP contribution in [-0.4, -0.2) is 0 Å². The fraction of sp³-hybridized carbons (Fsp3) is 0. The molecule has 2 rings (SSSR count). The highest BCUT2D eigenvalue weighted by atomic mass is 35.5. The number of hydrogen-bond acceptors (Lipinski definition) is 2. The van der Waals surface area contributed by atoms with Crippen LogP contribution in [0.2, 0.25) is 10.0 Å². The highest BCUT2D eigenvalue weighted by Gasteiger charge is 2.09. The Bertz CT molecular complexity index is 503. The minimum atomic E-state index is 0.558. The second-order valence-corrected chi connectivity index (χ2v) is 4.24. The van der Waals surface area contributed by atoms with E-state index in [-0.39, 0.29) is 0 Å². The van der Waals surface area contributed by atoms with Gasteiger partial charge in [0, 0.05) is 18.0 Å². The summed E-state index contributed by atoms with van der Waals surface area (Å²) in [7, 11) is 0. The molecule has 0 saturated carbocycles. The summed E-state index contributed by atoms with van der Waals surface area (Å²) in [5.74, 6) is 0. The first-order valence-electron chi connectivity index (χ1n) is 4.60. The largest absolute Gasteiger partial charge is 0.182 e. The van der Waals surface area contributed by atoms with Crippen molar-refractivity contribution >= 4 is 41.3 Å². The Morgan fingerprint density at radius 2 is 1.50 bits per heavy atom. The molecular weight excluding hydrogens is 261 g/mol. The van der Waals surface area contributed by atoms with Crippen LogP contribution in [-0.2, 0) is 12.4 Å². The van der Waals surface area contributed by atoms with Crippen molar-refractivity contribution in [3.8, 4) is 11.1 Å². The van der Waals surface area contributed by atoms with Gasteiger partial charge in [-0.1, -0.05) is 53.5 Å². The fourth-order valence-electron chi connectivity index (χ4n) is 1.49. The van der Waals surface area contributed by atoms with Crippen molar-refractivity contribution in [1.82, 2.24) is 0 Å². The van der Waals surface area contributed by atoms with Crippen molar-refractivity contribution in [2.24, 2.45) is 4.36 Å². The number of hydrogen-bond donors (Lipinski definition) is 0. The quantitative estimate of drug-likeness (QED) is 0.744. The maximum Gasteiger partial charge on any atom is 0.0799 e. The molecule has 0 aliphatic rings. The lowest BCUT2D eigenvalue weighted by molar-refractivity contribution is 1.55. The van der Waals surface area contributed by atoms with Crippen molar-refractivity contribution in [2.75, 3.05) is 0 Å². The molecule has 0 atom stereocenters. The summed E-state index contributed by atoms with van der Waals surface area (Å²) in [6, 6.07) is 13.2. The Morgan fingerprint density at radius 3 is 2.00 bits per heavy atom. The summed E-state index contributed by atoms with van der Waals surface area (Å²) in [5, 5.41) is 1.12. The van der Waals surface area contributed by atoms with E-state index in [1.165, 1.54) is 0 Å². The average Bonchev–Trinajstić information content (AvgIpc) is 2.29. The first kappa shape index (κ1) is 11.5. The summed E-state index contributed by atoms with van der Waals surface area (Å²) in [4.78, 5) is 0. The van der Waals surface area contributed by atoms with Gasteiger partial charge >= 0.3 is 0 Å².